The average molecular weight is 651 g/mol. The summed E-state index contributed by atoms with van der Waals surface area (Å²) < 4.78 is 38.4. The van der Waals surface area contributed by atoms with Gasteiger partial charge in [-0.1, -0.05) is 0 Å². The predicted molar refractivity (Wildman–Crippen MR) is 132 cm³/mol. The van der Waals surface area contributed by atoms with Crippen LogP contribution in [0.2, 0.25) is 0 Å². The van der Waals surface area contributed by atoms with Crippen LogP contribution in [0.15, 0.2) is 0 Å². The molecule has 20 atom stereocenters. The van der Waals surface area contributed by atoms with E-state index in [9.17, 15) is 66.4 Å². The topological polar surface area (TPSA) is 328 Å². The highest BCUT2D eigenvalue weighted by atomic mass is 16.8. The van der Waals surface area contributed by atoms with Gasteiger partial charge in [-0.2, -0.15) is 0 Å². The summed E-state index contributed by atoms with van der Waals surface area (Å²) >= 11 is 0. The third-order valence-corrected chi connectivity index (χ3v) is 8.17. The Morgan fingerprint density at radius 1 is 0.409 bits per heavy atom. The molecule has 4 fully saturated rings. The van der Waals surface area contributed by atoms with Crippen molar-refractivity contribution in [1.29, 1.82) is 0 Å². The third kappa shape index (κ3) is 7.05. The fourth-order valence-corrected chi connectivity index (χ4v) is 5.44. The Hall–Kier alpha value is -0.800. The molecular formula is C24H42O20. The summed E-state index contributed by atoms with van der Waals surface area (Å²) in [5.41, 5.74) is 0. The van der Waals surface area contributed by atoms with Crippen molar-refractivity contribution in [2.24, 2.45) is 0 Å². The van der Waals surface area contributed by atoms with Crippen LogP contribution >= 0.6 is 0 Å². The Kier molecular flexibility index (Phi) is 12.3. The van der Waals surface area contributed by atoms with Crippen molar-refractivity contribution in [3.05, 3.63) is 0 Å². The maximum atomic E-state index is 11.0. The fourth-order valence-electron chi connectivity index (χ4n) is 5.44. The minimum atomic E-state index is -1.99. The molecule has 20 heteroatoms. The van der Waals surface area contributed by atoms with E-state index in [1.807, 2.05) is 0 Å². The second-order valence-corrected chi connectivity index (χ2v) is 11.1. The Morgan fingerprint density at radius 2 is 0.841 bits per heavy atom. The van der Waals surface area contributed by atoms with E-state index in [1.54, 1.807) is 0 Å². The lowest BCUT2D eigenvalue weighted by molar-refractivity contribution is -0.402. The first-order chi connectivity index (χ1) is 20.7. The molecule has 0 aromatic carbocycles. The van der Waals surface area contributed by atoms with Gasteiger partial charge >= 0.3 is 0 Å². The molecule has 0 radical (unpaired) electrons. The molecule has 0 amide bonds. The van der Waals surface area contributed by atoms with Gasteiger partial charge in [-0.05, 0) is 6.92 Å². The largest absolute Gasteiger partial charge is 0.394 e. The van der Waals surface area contributed by atoms with Gasteiger partial charge in [0, 0.05) is 0 Å². The molecule has 4 aliphatic rings. The number of hydrogen-bond acceptors (Lipinski definition) is 20. The first-order valence-corrected chi connectivity index (χ1v) is 14.0. The zero-order valence-corrected chi connectivity index (χ0v) is 23.3. The van der Waals surface area contributed by atoms with Crippen LogP contribution in [0.1, 0.15) is 6.92 Å². The van der Waals surface area contributed by atoms with Crippen molar-refractivity contribution >= 4 is 0 Å². The fraction of sp³-hybridized carbons (Fsp3) is 1.00. The minimum Gasteiger partial charge on any atom is -0.394 e. The van der Waals surface area contributed by atoms with Gasteiger partial charge in [-0.15, -0.1) is 0 Å². The van der Waals surface area contributed by atoms with Crippen LogP contribution in [-0.4, -0.2) is 209 Å². The summed E-state index contributed by atoms with van der Waals surface area (Å²) in [5.74, 6) is 0. The van der Waals surface area contributed by atoms with Crippen molar-refractivity contribution in [2.75, 3.05) is 19.8 Å². The first-order valence-electron chi connectivity index (χ1n) is 14.0. The van der Waals surface area contributed by atoms with Crippen LogP contribution in [-0.2, 0) is 33.2 Å². The smallest absolute Gasteiger partial charge is 0.187 e. The van der Waals surface area contributed by atoms with Gasteiger partial charge in [0.2, 0.25) is 0 Å². The van der Waals surface area contributed by atoms with Crippen molar-refractivity contribution in [1.82, 2.24) is 0 Å². The maximum absolute atomic E-state index is 11.0. The van der Waals surface area contributed by atoms with E-state index in [2.05, 4.69) is 0 Å². The molecule has 13 N–H and O–H groups in total. The van der Waals surface area contributed by atoms with Crippen LogP contribution in [0.5, 0.6) is 0 Å². The molecule has 4 heterocycles. The highest BCUT2D eigenvalue weighted by Crippen LogP contribution is 2.34. The van der Waals surface area contributed by atoms with Crippen molar-refractivity contribution in [3.8, 4) is 0 Å². The summed E-state index contributed by atoms with van der Waals surface area (Å²) in [4.78, 5) is 0. The molecule has 258 valence electrons. The molecule has 0 spiro atoms. The highest BCUT2D eigenvalue weighted by Gasteiger charge is 2.55. The number of ether oxygens (including phenoxy) is 7. The van der Waals surface area contributed by atoms with E-state index in [0.29, 0.717) is 0 Å². The van der Waals surface area contributed by atoms with Crippen molar-refractivity contribution < 1.29 is 99.5 Å². The normalized spacial score (nSPS) is 53.9. The zero-order chi connectivity index (χ0) is 32.6. The molecular weight excluding hydrogens is 608 g/mol. The summed E-state index contributed by atoms with van der Waals surface area (Å²) in [5, 5.41) is 133. The van der Waals surface area contributed by atoms with E-state index in [1.165, 1.54) is 6.92 Å². The standard InChI is InChI=1S/C24H42O20/c1-5-9(28)13(32)16(35)22(38-5)43-19-14(33)10(29)7(3-26)41-24(19)44-20-15(34)11(30)6(2-25)40-23(20)42-18-12(31)8(4-27)39-21(37)17(18)36/h5-37H,2-4H2,1H3/t5-,6-,7-,8-,9-,10-,11-,12-,13+,14+,15+,16+,17+,18+,19+,20+,21+,22-,23-,24-/m1/s1. The summed E-state index contributed by atoms with van der Waals surface area (Å²) in [6.45, 7) is -1.19. The lowest BCUT2D eigenvalue weighted by atomic mass is 9.96. The second-order valence-electron chi connectivity index (χ2n) is 11.1. The van der Waals surface area contributed by atoms with Crippen LogP contribution in [0, 0.1) is 0 Å². The quantitative estimate of drug-likeness (QED) is 0.110. The molecule has 4 saturated heterocycles. The van der Waals surface area contributed by atoms with Crippen LogP contribution in [0.3, 0.4) is 0 Å². The van der Waals surface area contributed by atoms with E-state index < -0.39 is 143 Å². The third-order valence-electron chi connectivity index (χ3n) is 8.17. The van der Waals surface area contributed by atoms with E-state index in [0.717, 1.165) is 0 Å². The minimum absolute atomic E-state index is 0.812. The number of aliphatic hydroxyl groups is 13. The molecule has 4 rings (SSSR count). The van der Waals surface area contributed by atoms with E-state index in [4.69, 9.17) is 33.2 Å². The van der Waals surface area contributed by atoms with E-state index in [-0.39, 0.29) is 0 Å². The molecule has 0 aromatic rings. The second kappa shape index (κ2) is 15.0. The molecule has 44 heavy (non-hydrogen) atoms. The van der Waals surface area contributed by atoms with Gasteiger partial charge in [0.25, 0.3) is 0 Å². The van der Waals surface area contributed by atoms with Gasteiger partial charge in [-0.25, -0.2) is 0 Å². The number of hydrogen-bond donors (Lipinski definition) is 13. The molecule has 20 nitrogen and oxygen atoms in total. The molecule has 0 aliphatic carbocycles. The Balaban J connectivity index is 1.62. The molecule has 0 unspecified atom stereocenters. The van der Waals surface area contributed by atoms with Gasteiger partial charge in [0.15, 0.2) is 25.2 Å². The van der Waals surface area contributed by atoms with E-state index >= 15 is 0 Å². The SMILES string of the molecule is C[C@H]1O[C@H](O[C@@H]2[C@@H](O[C@@H]3[C@@H](O[C@@H]4[C@H](O)[C@@H](O)O[C@H](CO)[C@H]4O)O[C@H](CO)[C@@H](O)[C@@H]3O)O[C@H](CO)[C@@H](O)[C@@H]2O)[C@@H](O)[C@@H](O)[C@@H]1O. The lowest BCUT2D eigenvalue weighted by Gasteiger charge is -2.49. The zero-order valence-electron chi connectivity index (χ0n) is 23.3. The Morgan fingerprint density at radius 3 is 1.32 bits per heavy atom. The Bertz CT molecular complexity index is 902. The van der Waals surface area contributed by atoms with Gasteiger partial charge in [0.1, 0.15) is 91.6 Å². The number of aliphatic hydroxyl groups excluding tert-OH is 13. The maximum Gasteiger partial charge on any atom is 0.187 e. The predicted octanol–water partition coefficient (Wildman–Crippen LogP) is -8.72. The highest BCUT2D eigenvalue weighted by molar-refractivity contribution is 4.97. The Labute approximate surface area is 249 Å². The lowest BCUT2D eigenvalue weighted by Crippen LogP contribution is -2.68. The molecule has 0 saturated carbocycles. The molecule has 4 aliphatic heterocycles. The number of rotatable bonds is 9. The van der Waals surface area contributed by atoms with Crippen molar-refractivity contribution in [3.63, 3.8) is 0 Å². The van der Waals surface area contributed by atoms with Crippen LogP contribution < -0.4 is 0 Å². The van der Waals surface area contributed by atoms with Crippen molar-refractivity contribution in [2.45, 2.75) is 130 Å². The molecule has 0 bridgehead atoms. The summed E-state index contributed by atoms with van der Waals surface area (Å²) in [6.07, 6.45) is -35.0. The summed E-state index contributed by atoms with van der Waals surface area (Å²) in [7, 11) is 0. The molecule has 0 aromatic heterocycles. The average Bonchev–Trinajstić information content (AvgIpc) is 3.00. The van der Waals surface area contributed by atoms with Crippen LogP contribution in [0.25, 0.3) is 0 Å². The van der Waals surface area contributed by atoms with Gasteiger partial charge in [-0.3, -0.25) is 0 Å². The first kappa shape index (κ1) is 36.0. The van der Waals surface area contributed by atoms with Gasteiger partial charge < -0.3 is 99.5 Å². The van der Waals surface area contributed by atoms with Gasteiger partial charge in [0.05, 0.1) is 25.9 Å². The summed E-state index contributed by atoms with van der Waals surface area (Å²) in [6, 6.07) is 0. The van der Waals surface area contributed by atoms with Crippen LogP contribution in [0.4, 0.5) is 0 Å². The monoisotopic (exact) mass is 650 g/mol.